The molecule has 1 aliphatic carbocycles. The van der Waals surface area contributed by atoms with Gasteiger partial charge >= 0.3 is 15.7 Å². The Labute approximate surface area is 203 Å². The summed E-state index contributed by atoms with van der Waals surface area (Å²) in [6.07, 6.45) is 1.33. The maximum Gasteiger partial charge on any atom is 0.343 e. The van der Waals surface area contributed by atoms with Crippen LogP contribution >= 0.6 is 0 Å². The van der Waals surface area contributed by atoms with E-state index in [1.807, 2.05) is 0 Å². The van der Waals surface area contributed by atoms with Gasteiger partial charge in [-0.15, -0.1) is 0 Å². The molecule has 1 fully saturated rings. The van der Waals surface area contributed by atoms with E-state index in [-0.39, 0.29) is 44.4 Å². The maximum absolute atomic E-state index is 13.5. The van der Waals surface area contributed by atoms with Crippen LogP contribution in [0.25, 0.3) is 22.2 Å². The van der Waals surface area contributed by atoms with Crippen molar-refractivity contribution in [1.29, 1.82) is 0 Å². The van der Waals surface area contributed by atoms with Crippen LogP contribution in [0.2, 0.25) is 0 Å². The summed E-state index contributed by atoms with van der Waals surface area (Å²) >= 11 is 0. The predicted molar refractivity (Wildman–Crippen MR) is 129 cm³/mol. The highest BCUT2D eigenvalue weighted by Crippen LogP contribution is 2.37. The molecule has 36 heavy (non-hydrogen) atoms. The van der Waals surface area contributed by atoms with Gasteiger partial charge in [-0.05, 0) is 38.8 Å². The maximum atomic E-state index is 13.5. The van der Waals surface area contributed by atoms with Crippen LogP contribution in [0.5, 0.6) is 5.75 Å². The molecule has 12 heteroatoms. The number of nitrogens with zero attached hydrogens (tertiary/aromatic N) is 3. The fraction of sp³-hybridized carbons (Fsp3) is 0.208. The number of fused-ring (bicyclic) bond motifs is 1. The lowest BCUT2D eigenvalue weighted by atomic mass is 10.1. The van der Waals surface area contributed by atoms with Gasteiger partial charge < -0.3 is 8.60 Å². The van der Waals surface area contributed by atoms with E-state index in [0.717, 1.165) is 5.56 Å². The number of nitro benzene ring substituents is 1. The molecule has 1 saturated carbocycles. The van der Waals surface area contributed by atoms with E-state index in [2.05, 4.69) is 5.10 Å². The first kappa shape index (κ1) is 23.4. The minimum Gasteiger partial charge on any atom is -0.420 e. The van der Waals surface area contributed by atoms with Crippen LogP contribution in [0.15, 0.2) is 67.4 Å². The van der Waals surface area contributed by atoms with Crippen LogP contribution in [0, 0.1) is 24.0 Å². The number of nitro groups is 1. The molecule has 4 aromatic rings. The molecule has 0 N–H and O–H groups in total. The zero-order chi connectivity index (χ0) is 25.8. The van der Waals surface area contributed by atoms with Crippen molar-refractivity contribution < 1.29 is 21.9 Å². The minimum absolute atomic E-state index is 0.0186. The molecule has 0 atom stereocenters. The molecule has 184 valence electrons. The zero-order valence-corrected chi connectivity index (χ0v) is 19.9. The molecule has 2 aromatic heterocycles. The van der Waals surface area contributed by atoms with Crippen molar-refractivity contribution in [3.8, 4) is 17.0 Å². The van der Waals surface area contributed by atoms with E-state index in [4.69, 9.17) is 8.60 Å². The number of hydrogen-bond donors (Lipinski definition) is 0. The van der Waals surface area contributed by atoms with Gasteiger partial charge in [0.05, 0.1) is 16.5 Å². The molecule has 0 spiro atoms. The summed E-state index contributed by atoms with van der Waals surface area (Å²) in [6, 6.07) is 11.1. The first-order chi connectivity index (χ1) is 17.1. The van der Waals surface area contributed by atoms with Crippen molar-refractivity contribution in [2.24, 2.45) is 0 Å². The first-order valence-electron chi connectivity index (χ1n) is 10.9. The molecule has 5 rings (SSSR count). The summed E-state index contributed by atoms with van der Waals surface area (Å²) in [4.78, 5) is 36.8. The number of hydrogen-bond acceptors (Lipinski definition) is 9. The van der Waals surface area contributed by atoms with Crippen LogP contribution < -0.4 is 15.4 Å². The lowest BCUT2D eigenvalue weighted by Gasteiger charge is -2.14. The average Bonchev–Trinajstić information content (AvgIpc) is 3.68. The van der Waals surface area contributed by atoms with Gasteiger partial charge in [0.2, 0.25) is 0 Å². The second kappa shape index (κ2) is 8.41. The Balaban J connectivity index is 1.81. The van der Waals surface area contributed by atoms with Gasteiger partial charge in [0.25, 0.3) is 11.2 Å². The van der Waals surface area contributed by atoms with Gasteiger partial charge in [-0.25, -0.2) is 9.48 Å². The smallest absolute Gasteiger partial charge is 0.343 e. The normalized spacial score (nSPS) is 13.6. The number of aryl methyl sites for hydroxylation is 1. The molecule has 2 heterocycles. The molecule has 0 radical (unpaired) electrons. The van der Waals surface area contributed by atoms with E-state index in [1.165, 1.54) is 48.0 Å². The van der Waals surface area contributed by atoms with Crippen LogP contribution in [0.3, 0.4) is 0 Å². The topological polar surface area (TPSA) is 152 Å². The third kappa shape index (κ3) is 4.05. The Morgan fingerprint density at radius 3 is 2.44 bits per heavy atom. The van der Waals surface area contributed by atoms with Crippen molar-refractivity contribution in [2.75, 3.05) is 0 Å². The summed E-state index contributed by atoms with van der Waals surface area (Å²) in [5.74, 6) is -0.463. The van der Waals surface area contributed by atoms with E-state index in [1.54, 1.807) is 19.1 Å². The summed E-state index contributed by atoms with van der Waals surface area (Å²) in [5.41, 5.74) is -1.37. The molecule has 2 aromatic carbocycles. The molecule has 0 amide bonds. The summed E-state index contributed by atoms with van der Waals surface area (Å²) < 4.78 is 38.2. The van der Waals surface area contributed by atoms with Gasteiger partial charge in [0.15, 0.2) is 11.3 Å². The number of rotatable bonds is 6. The Morgan fingerprint density at radius 1 is 1.11 bits per heavy atom. The second-order valence-corrected chi connectivity index (χ2v) is 10.1. The Kier molecular flexibility index (Phi) is 5.47. The number of aromatic nitrogens is 2. The van der Waals surface area contributed by atoms with E-state index >= 15 is 0 Å². The Morgan fingerprint density at radius 2 is 1.81 bits per heavy atom. The summed E-state index contributed by atoms with van der Waals surface area (Å²) in [5, 5.41) is 15.4. The van der Waals surface area contributed by atoms with Crippen molar-refractivity contribution in [1.82, 2.24) is 9.78 Å². The highest BCUT2D eigenvalue weighted by Gasteiger charge is 2.32. The van der Waals surface area contributed by atoms with Crippen LogP contribution in [0.1, 0.15) is 30.0 Å². The second-order valence-electron chi connectivity index (χ2n) is 8.54. The molecular formula is C24H19N3O8S. The largest absolute Gasteiger partial charge is 0.420 e. The molecule has 11 nitrogen and oxygen atoms in total. The van der Waals surface area contributed by atoms with Gasteiger partial charge in [0, 0.05) is 17.7 Å². The van der Waals surface area contributed by atoms with E-state index in [9.17, 15) is 28.1 Å². The summed E-state index contributed by atoms with van der Waals surface area (Å²) in [7, 11) is -4.43. The molecule has 0 aliphatic heterocycles. The fourth-order valence-corrected chi connectivity index (χ4v) is 4.76. The average molecular weight is 509 g/mol. The summed E-state index contributed by atoms with van der Waals surface area (Å²) in [6.45, 7) is 3.08. The van der Waals surface area contributed by atoms with E-state index < -0.39 is 32.0 Å². The first-order valence-corrected chi connectivity index (χ1v) is 12.3. The lowest BCUT2D eigenvalue weighted by Crippen LogP contribution is -2.26. The van der Waals surface area contributed by atoms with Gasteiger partial charge in [-0.2, -0.15) is 13.5 Å². The molecule has 1 aliphatic rings. The van der Waals surface area contributed by atoms with E-state index in [0.29, 0.717) is 12.8 Å². The fourth-order valence-electron chi connectivity index (χ4n) is 3.77. The van der Waals surface area contributed by atoms with Crippen molar-refractivity contribution in [2.45, 2.75) is 37.6 Å². The van der Waals surface area contributed by atoms with Gasteiger partial charge in [-0.3, -0.25) is 14.9 Å². The Bertz CT molecular complexity index is 1770. The van der Waals surface area contributed by atoms with Gasteiger partial charge in [0.1, 0.15) is 16.0 Å². The van der Waals surface area contributed by atoms with Crippen molar-refractivity contribution in [3.63, 3.8) is 0 Å². The standard InChI is InChI=1S/C24H19N3O8S/c1-13-6-10-18(11-7-13)36(32,33)35-21-14(2)24(29)34-22-19(21)23(28)26(16-8-9-16)25-20(22)15-4-3-5-17(12-15)27(30)31/h3-7,10-12,16H,8-9H2,1-2H3. The zero-order valence-electron chi connectivity index (χ0n) is 19.1. The van der Waals surface area contributed by atoms with Crippen LogP contribution in [-0.4, -0.2) is 23.1 Å². The van der Waals surface area contributed by atoms with Crippen molar-refractivity contribution in [3.05, 3.63) is 90.5 Å². The van der Waals surface area contributed by atoms with Gasteiger partial charge in [-0.1, -0.05) is 29.8 Å². The highest BCUT2D eigenvalue weighted by molar-refractivity contribution is 7.87. The van der Waals surface area contributed by atoms with Crippen molar-refractivity contribution >= 4 is 26.8 Å². The number of benzene rings is 2. The minimum atomic E-state index is -4.43. The third-order valence-electron chi connectivity index (χ3n) is 5.87. The predicted octanol–water partition coefficient (Wildman–Crippen LogP) is 3.64. The number of non-ortho nitro benzene ring substituents is 1. The highest BCUT2D eigenvalue weighted by atomic mass is 32.2. The lowest BCUT2D eigenvalue weighted by molar-refractivity contribution is -0.384. The molecule has 0 unspecified atom stereocenters. The molecular weight excluding hydrogens is 490 g/mol. The van der Waals surface area contributed by atoms with Crippen LogP contribution in [0.4, 0.5) is 5.69 Å². The SMILES string of the molecule is Cc1ccc(S(=O)(=O)Oc2c(C)c(=O)oc3c(-c4cccc([N+](=O)[O-])c4)nn(C4CC4)c(=O)c23)cc1. The third-order valence-corrected chi connectivity index (χ3v) is 7.10. The Hall–Kier alpha value is -4.32. The quantitative estimate of drug-likeness (QED) is 0.215. The molecule has 0 saturated heterocycles. The van der Waals surface area contributed by atoms with Crippen LogP contribution in [-0.2, 0) is 10.1 Å². The molecule has 0 bridgehead atoms. The monoisotopic (exact) mass is 509 g/mol.